The fraction of sp³-hybridized carbons (Fsp3) is 0.167. The maximum absolute atomic E-state index is 14.1. The predicted octanol–water partition coefficient (Wildman–Crippen LogP) is 3.75. The summed E-state index contributed by atoms with van der Waals surface area (Å²) in [6.45, 7) is 1.81. The van der Waals surface area contributed by atoms with Crippen LogP contribution in [-0.2, 0) is 9.84 Å². The molecule has 7 heteroatoms. The molecule has 0 radical (unpaired) electrons. The molecule has 4 nitrogen and oxygen atoms in total. The molecule has 1 heterocycles. The number of carbonyl (C=O) groups is 1. The summed E-state index contributed by atoms with van der Waals surface area (Å²) < 4.78 is 37.7. The molecule has 1 amide bonds. The van der Waals surface area contributed by atoms with Crippen LogP contribution in [0.5, 0.6) is 0 Å². The largest absolute Gasteiger partial charge is 0.300 e. The molecule has 1 atom stereocenters. The number of hydrogen-bond acceptors (Lipinski definition) is 3. The van der Waals surface area contributed by atoms with Gasteiger partial charge < -0.3 is 4.90 Å². The van der Waals surface area contributed by atoms with E-state index in [1.54, 1.807) is 24.3 Å². The van der Waals surface area contributed by atoms with Gasteiger partial charge in [-0.3, -0.25) is 4.79 Å². The topological polar surface area (TPSA) is 54.5 Å². The van der Waals surface area contributed by atoms with Gasteiger partial charge in [-0.1, -0.05) is 29.8 Å². The van der Waals surface area contributed by atoms with Crippen molar-refractivity contribution in [3.63, 3.8) is 0 Å². The number of carbonyl (C=O) groups excluding carboxylic acids is 1. The lowest BCUT2D eigenvalue weighted by Gasteiger charge is -2.28. The number of rotatable bonds is 3. The van der Waals surface area contributed by atoms with Gasteiger partial charge in [-0.25, -0.2) is 12.8 Å². The van der Waals surface area contributed by atoms with Crippen molar-refractivity contribution >= 4 is 33.0 Å². The van der Waals surface area contributed by atoms with E-state index in [2.05, 4.69) is 0 Å². The summed E-state index contributed by atoms with van der Waals surface area (Å²) >= 11 is 6.15. The smallest absolute Gasteiger partial charge is 0.261 e. The highest BCUT2D eigenvalue weighted by molar-refractivity contribution is 7.94. The van der Waals surface area contributed by atoms with Crippen molar-refractivity contribution in [2.45, 2.75) is 13.0 Å². The molecular weight excluding hydrogens is 365 g/mol. The van der Waals surface area contributed by atoms with Crippen molar-refractivity contribution < 1.29 is 17.6 Å². The molecule has 1 aliphatic rings. The van der Waals surface area contributed by atoms with E-state index in [4.69, 9.17) is 11.6 Å². The average molecular weight is 380 g/mol. The minimum Gasteiger partial charge on any atom is -0.300 e. The minimum atomic E-state index is -3.39. The monoisotopic (exact) mass is 379 g/mol. The molecular formula is C18H15ClFNO3S. The van der Waals surface area contributed by atoms with Gasteiger partial charge in [0.2, 0.25) is 0 Å². The summed E-state index contributed by atoms with van der Waals surface area (Å²) in [6.07, 6.45) is 1.43. The second-order valence-electron chi connectivity index (χ2n) is 5.81. The Morgan fingerprint density at radius 1 is 1.24 bits per heavy atom. The number of halogens is 2. The molecule has 0 spiro atoms. The Hall–Kier alpha value is -2.18. The van der Waals surface area contributed by atoms with Crippen LogP contribution in [0.25, 0.3) is 0 Å². The number of nitrogens with zero attached hydrogens (tertiary/aromatic N) is 1. The van der Waals surface area contributed by atoms with Gasteiger partial charge in [0.1, 0.15) is 5.82 Å². The number of amides is 1. The number of hydrogen-bond donors (Lipinski definition) is 0. The zero-order chi connectivity index (χ0) is 18.2. The minimum absolute atomic E-state index is 0.128. The van der Waals surface area contributed by atoms with Gasteiger partial charge in [0.25, 0.3) is 5.91 Å². The second-order valence-corrected chi connectivity index (χ2v) is 8.15. The van der Waals surface area contributed by atoms with Crippen LogP contribution in [0.15, 0.2) is 53.9 Å². The van der Waals surface area contributed by atoms with Crippen molar-refractivity contribution in [2.75, 3.05) is 10.7 Å². The van der Waals surface area contributed by atoms with E-state index >= 15 is 0 Å². The lowest BCUT2D eigenvalue weighted by atomic mass is 10.1. The Bertz CT molecular complexity index is 972. The van der Waals surface area contributed by atoms with Gasteiger partial charge >= 0.3 is 0 Å². The van der Waals surface area contributed by atoms with Gasteiger partial charge in [0, 0.05) is 16.1 Å². The Labute approximate surface area is 150 Å². The summed E-state index contributed by atoms with van der Waals surface area (Å²) in [4.78, 5) is 14.2. The lowest BCUT2D eigenvalue weighted by molar-refractivity contribution is 0.0979. The molecule has 130 valence electrons. The number of benzene rings is 2. The Morgan fingerprint density at radius 3 is 2.56 bits per heavy atom. The lowest BCUT2D eigenvalue weighted by Crippen LogP contribution is -2.41. The molecule has 0 aliphatic carbocycles. The Morgan fingerprint density at radius 2 is 1.96 bits per heavy atom. The molecule has 0 unspecified atom stereocenters. The van der Waals surface area contributed by atoms with Gasteiger partial charge in [-0.05, 0) is 42.8 Å². The molecule has 25 heavy (non-hydrogen) atoms. The standard InChI is InChI=1S/C18H15ClFNO3S/c1-12-6-7-13(10-16(12)19)21(14-8-9-25(23,24)11-14)18(22)15-4-2-3-5-17(15)20/h2-10,14H,11H2,1H3/t14-/m1/s1. The fourth-order valence-corrected chi connectivity index (χ4v) is 4.12. The first kappa shape index (κ1) is 17.6. The van der Waals surface area contributed by atoms with E-state index in [0.717, 1.165) is 11.0 Å². The van der Waals surface area contributed by atoms with Crippen molar-refractivity contribution in [1.82, 2.24) is 0 Å². The zero-order valence-corrected chi connectivity index (χ0v) is 14.9. The Kier molecular flexibility index (Phi) is 4.67. The SMILES string of the molecule is Cc1ccc(N(C(=O)c2ccccc2F)[C@@H]2C=CS(=O)(=O)C2)cc1Cl. The van der Waals surface area contributed by atoms with Crippen molar-refractivity contribution in [2.24, 2.45) is 0 Å². The molecule has 0 saturated heterocycles. The molecule has 1 aliphatic heterocycles. The molecule has 0 aromatic heterocycles. The molecule has 2 aromatic rings. The molecule has 0 N–H and O–H groups in total. The number of sulfone groups is 1. The van der Waals surface area contributed by atoms with Gasteiger partial charge in [-0.2, -0.15) is 0 Å². The first-order chi connectivity index (χ1) is 11.8. The van der Waals surface area contributed by atoms with E-state index in [1.165, 1.54) is 29.2 Å². The van der Waals surface area contributed by atoms with Gasteiger partial charge in [-0.15, -0.1) is 0 Å². The fourth-order valence-electron chi connectivity index (χ4n) is 2.68. The van der Waals surface area contributed by atoms with Crippen LogP contribution < -0.4 is 4.90 Å². The maximum Gasteiger partial charge on any atom is 0.261 e. The normalized spacial score (nSPS) is 18.3. The highest BCUT2D eigenvalue weighted by Gasteiger charge is 2.33. The molecule has 0 bridgehead atoms. The average Bonchev–Trinajstić information content (AvgIpc) is 2.91. The third-order valence-electron chi connectivity index (χ3n) is 4.00. The molecule has 3 rings (SSSR count). The molecule has 0 saturated carbocycles. The summed E-state index contributed by atoms with van der Waals surface area (Å²) in [5.74, 6) is -1.54. The third-order valence-corrected chi connectivity index (χ3v) is 5.78. The van der Waals surface area contributed by atoms with Crippen molar-refractivity contribution in [3.05, 3.63) is 75.9 Å². The van der Waals surface area contributed by atoms with E-state index in [0.29, 0.717) is 10.7 Å². The van der Waals surface area contributed by atoms with E-state index in [1.807, 2.05) is 6.92 Å². The quantitative estimate of drug-likeness (QED) is 0.816. The van der Waals surface area contributed by atoms with Gasteiger partial charge in [0.15, 0.2) is 9.84 Å². The van der Waals surface area contributed by atoms with Crippen LogP contribution >= 0.6 is 11.6 Å². The Balaban J connectivity index is 2.09. The third kappa shape index (κ3) is 3.60. The van der Waals surface area contributed by atoms with E-state index < -0.39 is 27.6 Å². The highest BCUT2D eigenvalue weighted by atomic mass is 35.5. The summed E-state index contributed by atoms with van der Waals surface area (Å²) in [5.41, 5.74) is 1.10. The highest BCUT2D eigenvalue weighted by Crippen LogP contribution is 2.29. The van der Waals surface area contributed by atoms with Crippen LogP contribution in [0.3, 0.4) is 0 Å². The van der Waals surface area contributed by atoms with Crippen LogP contribution in [0.2, 0.25) is 5.02 Å². The number of aryl methyl sites for hydroxylation is 1. The predicted molar refractivity (Wildman–Crippen MR) is 96.1 cm³/mol. The van der Waals surface area contributed by atoms with Crippen LogP contribution in [0, 0.1) is 12.7 Å². The maximum atomic E-state index is 14.1. The zero-order valence-electron chi connectivity index (χ0n) is 13.3. The number of anilines is 1. The van der Waals surface area contributed by atoms with E-state index in [9.17, 15) is 17.6 Å². The van der Waals surface area contributed by atoms with Crippen molar-refractivity contribution in [1.29, 1.82) is 0 Å². The molecule has 2 aromatic carbocycles. The first-order valence-corrected chi connectivity index (χ1v) is 9.63. The summed E-state index contributed by atoms with van der Waals surface area (Å²) in [5, 5.41) is 1.52. The summed E-state index contributed by atoms with van der Waals surface area (Å²) in [6, 6.07) is 9.84. The van der Waals surface area contributed by atoms with Crippen LogP contribution in [-0.4, -0.2) is 26.1 Å². The van der Waals surface area contributed by atoms with Crippen LogP contribution in [0.4, 0.5) is 10.1 Å². The summed E-state index contributed by atoms with van der Waals surface area (Å²) in [7, 11) is -3.39. The van der Waals surface area contributed by atoms with Crippen molar-refractivity contribution in [3.8, 4) is 0 Å². The van der Waals surface area contributed by atoms with Gasteiger partial charge in [0.05, 0.1) is 17.4 Å². The van der Waals surface area contributed by atoms with E-state index in [-0.39, 0.29) is 11.3 Å². The molecule has 0 fully saturated rings. The first-order valence-electron chi connectivity index (χ1n) is 7.54. The second kappa shape index (κ2) is 6.61. The van der Waals surface area contributed by atoms with Crippen LogP contribution in [0.1, 0.15) is 15.9 Å².